The molecule has 98 valence electrons. The first-order chi connectivity index (χ1) is 7.57. The van der Waals surface area contributed by atoms with E-state index in [1.165, 1.54) is 13.8 Å². The van der Waals surface area contributed by atoms with Gasteiger partial charge in [-0.15, -0.1) is 0 Å². The van der Waals surface area contributed by atoms with Gasteiger partial charge in [0.15, 0.2) is 9.84 Å². The first-order valence-electron chi connectivity index (χ1n) is 5.30. The van der Waals surface area contributed by atoms with Crippen LogP contribution in [0.1, 0.15) is 26.7 Å². The van der Waals surface area contributed by atoms with Gasteiger partial charge in [-0.25, -0.2) is 13.2 Å². The molecule has 1 fully saturated rings. The number of rotatable bonds is 5. The van der Waals surface area contributed by atoms with Crippen molar-refractivity contribution in [2.24, 2.45) is 5.92 Å². The molecule has 1 atom stereocenters. The monoisotopic (exact) mass is 263 g/mol. The fourth-order valence-corrected chi connectivity index (χ4v) is 1.69. The molecule has 1 amide bonds. The number of hydrogen-bond donors (Lipinski definition) is 2. The summed E-state index contributed by atoms with van der Waals surface area (Å²) in [5, 5.41) is 11.2. The lowest BCUT2D eigenvalue weighted by molar-refractivity contribution is -0.142. The summed E-state index contributed by atoms with van der Waals surface area (Å²) in [5.74, 6) is -1.96. The van der Waals surface area contributed by atoms with Crippen molar-refractivity contribution in [1.29, 1.82) is 0 Å². The highest BCUT2D eigenvalue weighted by Crippen LogP contribution is 2.33. The molecule has 2 N–H and O–H groups in total. The van der Waals surface area contributed by atoms with Crippen LogP contribution in [0.25, 0.3) is 0 Å². The van der Waals surface area contributed by atoms with Crippen LogP contribution >= 0.6 is 0 Å². The molecule has 1 rings (SSSR count). The Labute approximate surface area is 100 Å². The van der Waals surface area contributed by atoms with Crippen LogP contribution < -0.4 is 5.32 Å². The molecular formula is C10H17NO5S. The fraction of sp³-hybridized carbons (Fsp3) is 0.800. The van der Waals surface area contributed by atoms with Crippen molar-refractivity contribution in [2.45, 2.75) is 37.5 Å². The molecule has 0 saturated heterocycles. The van der Waals surface area contributed by atoms with Gasteiger partial charge in [-0.05, 0) is 32.6 Å². The van der Waals surface area contributed by atoms with Crippen molar-refractivity contribution in [2.75, 3.05) is 6.26 Å². The molecule has 1 unspecified atom stereocenters. The van der Waals surface area contributed by atoms with E-state index in [9.17, 15) is 18.0 Å². The molecular weight excluding hydrogens is 246 g/mol. The lowest BCUT2D eigenvalue weighted by atomic mass is 10.1. The van der Waals surface area contributed by atoms with E-state index in [-0.39, 0.29) is 5.92 Å². The molecule has 0 aliphatic heterocycles. The van der Waals surface area contributed by atoms with E-state index in [0.29, 0.717) is 0 Å². The van der Waals surface area contributed by atoms with Gasteiger partial charge in [-0.3, -0.25) is 4.79 Å². The van der Waals surface area contributed by atoms with Crippen LogP contribution in [0.15, 0.2) is 0 Å². The van der Waals surface area contributed by atoms with Gasteiger partial charge in [0.2, 0.25) is 5.91 Å². The maximum absolute atomic E-state index is 11.8. The highest BCUT2D eigenvalue weighted by Gasteiger charge is 2.43. The van der Waals surface area contributed by atoms with Gasteiger partial charge < -0.3 is 10.4 Å². The number of amides is 1. The van der Waals surface area contributed by atoms with Crippen LogP contribution in [0.4, 0.5) is 0 Å². The maximum atomic E-state index is 11.8. The summed E-state index contributed by atoms with van der Waals surface area (Å²) in [4.78, 5) is 22.7. The quantitative estimate of drug-likeness (QED) is 0.714. The predicted molar refractivity (Wildman–Crippen MR) is 61.2 cm³/mol. The number of carbonyl (C=O) groups excluding carboxylic acids is 1. The predicted octanol–water partition coefficient (Wildman–Crippen LogP) is -0.211. The maximum Gasteiger partial charge on any atom is 0.326 e. The van der Waals surface area contributed by atoms with Crippen LogP contribution in [-0.4, -0.2) is 42.4 Å². The molecule has 0 aromatic rings. The van der Waals surface area contributed by atoms with Gasteiger partial charge in [0, 0.05) is 6.26 Å². The number of aliphatic carboxylic acids is 1. The van der Waals surface area contributed by atoms with Gasteiger partial charge in [0.25, 0.3) is 0 Å². The van der Waals surface area contributed by atoms with Gasteiger partial charge in [-0.1, -0.05) is 0 Å². The average Bonchev–Trinajstić information content (AvgIpc) is 2.94. The molecule has 0 bridgehead atoms. The number of carboxylic acids is 1. The zero-order chi connectivity index (χ0) is 13.4. The summed E-state index contributed by atoms with van der Waals surface area (Å²) in [7, 11) is -3.58. The van der Waals surface area contributed by atoms with Crippen molar-refractivity contribution in [3.8, 4) is 0 Å². The van der Waals surface area contributed by atoms with E-state index in [4.69, 9.17) is 5.11 Å². The van der Waals surface area contributed by atoms with Crippen LogP contribution in [0.3, 0.4) is 0 Å². The zero-order valence-corrected chi connectivity index (χ0v) is 10.9. The highest BCUT2D eigenvalue weighted by atomic mass is 32.2. The molecule has 0 heterocycles. The molecule has 1 aliphatic rings. The zero-order valence-electron chi connectivity index (χ0n) is 10.1. The van der Waals surface area contributed by atoms with Gasteiger partial charge in [-0.2, -0.15) is 0 Å². The van der Waals surface area contributed by atoms with Crippen molar-refractivity contribution < 1.29 is 23.1 Å². The Morgan fingerprint density at radius 1 is 1.35 bits per heavy atom. The molecule has 0 radical (unpaired) electrons. The second-order valence-corrected chi connectivity index (χ2v) is 7.47. The van der Waals surface area contributed by atoms with Crippen molar-refractivity contribution in [3.63, 3.8) is 0 Å². The Balaban J connectivity index is 2.81. The molecule has 0 spiro atoms. The number of nitrogens with one attached hydrogen (secondary N) is 1. The van der Waals surface area contributed by atoms with Gasteiger partial charge in [0.1, 0.15) is 10.8 Å². The van der Waals surface area contributed by atoms with Crippen LogP contribution in [-0.2, 0) is 19.4 Å². The summed E-state index contributed by atoms with van der Waals surface area (Å²) < 4.78 is 21.2. The van der Waals surface area contributed by atoms with Crippen LogP contribution in [0, 0.1) is 5.92 Å². The van der Waals surface area contributed by atoms with E-state index < -0.39 is 32.5 Å². The summed E-state index contributed by atoms with van der Waals surface area (Å²) >= 11 is 0. The lowest BCUT2D eigenvalue weighted by Crippen LogP contribution is -2.53. The molecule has 7 heteroatoms. The number of hydrogen-bond acceptors (Lipinski definition) is 4. The molecule has 17 heavy (non-hydrogen) atoms. The fourth-order valence-electron chi connectivity index (χ4n) is 1.29. The third kappa shape index (κ3) is 2.96. The summed E-state index contributed by atoms with van der Waals surface area (Å²) in [5.41, 5.74) is 0. The first kappa shape index (κ1) is 14.0. The van der Waals surface area contributed by atoms with E-state index >= 15 is 0 Å². The van der Waals surface area contributed by atoms with Gasteiger partial charge >= 0.3 is 5.97 Å². The van der Waals surface area contributed by atoms with E-state index in [0.717, 1.165) is 19.1 Å². The summed E-state index contributed by atoms with van der Waals surface area (Å²) in [6.45, 7) is 2.53. The topological polar surface area (TPSA) is 101 Å². The smallest absolute Gasteiger partial charge is 0.326 e. The minimum Gasteiger partial charge on any atom is -0.480 e. The Morgan fingerprint density at radius 3 is 2.12 bits per heavy atom. The van der Waals surface area contributed by atoms with Crippen LogP contribution in [0.5, 0.6) is 0 Å². The Hall–Kier alpha value is -1.11. The molecule has 0 aromatic heterocycles. The largest absolute Gasteiger partial charge is 0.480 e. The lowest BCUT2D eigenvalue weighted by Gasteiger charge is -2.24. The minimum atomic E-state index is -3.58. The first-order valence-corrected chi connectivity index (χ1v) is 7.20. The Morgan fingerprint density at radius 2 is 1.82 bits per heavy atom. The number of carbonyl (C=O) groups is 2. The number of carboxylic acid groups (broad SMARTS) is 1. The van der Waals surface area contributed by atoms with Crippen molar-refractivity contribution in [3.05, 3.63) is 0 Å². The normalized spacial score (nSPS) is 18.5. The Kier molecular flexibility index (Phi) is 3.52. The van der Waals surface area contributed by atoms with E-state index in [1.807, 2.05) is 0 Å². The Bertz CT molecular complexity index is 436. The van der Waals surface area contributed by atoms with Crippen LogP contribution in [0.2, 0.25) is 0 Å². The highest BCUT2D eigenvalue weighted by molar-refractivity contribution is 7.92. The second kappa shape index (κ2) is 4.29. The van der Waals surface area contributed by atoms with Gasteiger partial charge in [0.05, 0.1) is 0 Å². The summed E-state index contributed by atoms with van der Waals surface area (Å²) in [6.07, 6.45) is 2.45. The second-order valence-electron chi connectivity index (χ2n) is 4.91. The average molecular weight is 263 g/mol. The molecule has 0 aromatic carbocycles. The molecule has 6 nitrogen and oxygen atoms in total. The standard InChI is InChI=1S/C10H17NO5S/c1-10(2,17(3,15)16)9(14)11-7(8(12)13)6-4-5-6/h6-7H,4-5H2,1-3H3,(H,11,14)(H,12,13). The summed E-state index contributed by atoms with van der Waals surface area (Å²) in [6, 6.07) is -0.983. The molecule has 1 aliphatic carbocycles. The van der Waals surface area contributed by atoms with E-state index in [1.54, 1.807) is 0 Å². The third-order valence-electron chi connectivity index (χ3n) is 3.12. The molecule has 1 saturated carbocycles. The van der Waals surface area contributed by atoms with Crippen molar-refractivity contribution >= 4 is 21.7 Å². The van der Waals surface area contributed by atoms with E-state index in [2.05, 4.69) is 5.32 Å². The number of sulfone groups is 1. The third-order valence-corrected chi connectivity index (χ3v) is 5.16. The minimum absolute atomic E-state index is 0.0770. The SMILES string of the molecule is CC(C)(C(=O)NC(C(=O)O)C1CC1)S(C)(=O)=O. The van der Waals surface area contributed by atoms with Crippen molar-refractivity contribution in [1.82, 2.24) is 5.32 Å².